The molecular formula is C28H30NO4+. The van der Waals surface area contributed by atoms with Crippen LogP contribution in [0.25, 0.3) is 10.8 Å². The van der Waals surface area contributed by atoms with Gasteiger partial charge in [0.15, 0.2) is 0 Å². The summed E-state index contributed by atoms with van der Waals surface area (Å²) in [6, 6.07) is 30.8. The third kappa shape index (κ3) is 7.37. The third-order valence-corrected chi connectivity index (χ3v) is 5.26. The van der Waals surface area contributed by atoms with Gasteiger partial charge in [-0.1, -0.05) is 72.8 Å². The van der Waals surface area contributed by atoms with Crippen molar-refractivity contribution in [2.24, 2.45) is 0 Å². The fraction of sp³-hybridized carbons (Fsp3) is 0.179. The van der Waals surface area contributed by atoms with Gasteiger partial charge in [0.05, 0.1) is 14.1 Å². The molecule has 4 rings (SSSR count). The topological polar surface area (TPSA) is 66.8 Å². The molecule has 0 saturated heterocycles. The average Bonchev–Trinajstić information content (AvgIpc) is 2.80. The standard InChI is InChI=1S/C17H22NO.C11H8O3/c1-18(2,15-16-9-5-3-6-10-16)13-14-19-17-11-7-4-8-12-17;12-10-6-8-4-2-1-3-7(8)5-9(10)11(13)14/h3-12H,13-15H2,1-2H3;1-6,12H,(H,13,14)/q+1;. The summed E-state index contributed by atoms with van der Waals surface area (Å²) >= 11 is 0. The normalized spacial score (nSPS) is 10.8. The number of carbonyl (C=O) groups is 1. The minimum atomic E-state index is -1.12. The van der Waals surface area contributed by atoms with E-state index in [1.165, 1.54) is 17.7 Å². The van der Waals surface area contributed by atoms with Crippen molar-refractivity contribution in [1.29, 1.82) is 0 Å². The molecular weight excluding hydrogens is 414 g/mol. The molecule has 0 aliphatic carbocycles. The number of aromatic carboxylic acids is 1. The molecule has 0 radical (unpaired) electrons. The molecule has 0 spiro atoms. The van der Waals surface area contributed by atoms with Crippen LogP contribution in [0, 0.1) is 0 Å². The van der Waals surface area contributed by atoms with Crippen LogP contribution in [0.5, 0.6) is 11.5 Å². The first-order valence-corrected chi connectivity index (χ1v) is 10.8. The van der Waals surface area contributed by atoms with Crippen LogP contribution in [0.3, 0.4) is 0 Å². The van der Waals surface area contributed by atoms with Gasteiger partial charge in [-0.3, -0.25) is 0 Å². The number of fused-ring (bicyclic) bond motifs is 1. The molecule has 0 atom stereocenters. The molecule has 33 heavy (non-hydrogen) atoms. The van der Waals surface area contributed by atoms with E-state index in [1.807, 2.05) is 48.5 Å². The van der Waals surface area contributed by atoms with Crippen LogP contribution < -0.4 is 4.74 Å². The van der Waals surface area contributed by atoms with Crippen molar-refractivity contribution in [3.05, 3.63) is 108 Å². The minimum absolute atomic E-state index is 0.0660. The lowest BCUT2D eigenvalue weighted by Crippen LogP contribution is -2.41. The molecule has 4 aromatic rings. The van der Waals surface area contributed by atoms with Crippen molar-refractivity contribution in [2.75, 3.05) is 27.2 Å². The van der Waals surface area contributed by atoms with Crippen LogP contribution in [0.4, 0.5) is 0 Å². The maximum absolute atomic E-state index is 10.7. The number of quaternary nitrogens is 1. The van der Waals surface area contributed by atoms with Gasteiger partial charge < -0.3 is 19.4 Å². The van der Waals surface area contributed by atoms with E-state index in [-0.39, 0.29) is 11.3 Å². The first kappa shape index (κ1) is 23.8. The molecule has 0 aliphatic rings. The number of para-hydroxylation sites is 1. The molecule has 2 N–H and O–H groups in total. The number of phenols is 1. The fourth-order valence-corrected chi connectivity index (χ4v) is 3.48. The number of ether oxygens (including phenoxy) is 1. The number of hydrogen-bond acceptors (Lipinski definition) is 3. The van der Waals surface area contributed by atoms with Gasteiger partial charge in [-0.2, -0.15) is 0 Å². The van der Waals surface area contributed by atoms with E-state index >= 15 is 0 Å². The van der Waals surface area contributed by atoms with Gasteiger partial charge in [-0.15, -0.1) is 0 Å². The number of nitrogens with zero attached hydrogens (tertiary/aromatic N) is 1. The van der Waals surface area contributed by atoms with Crippen molar-refractivity contribution in [1.82, 2.24) is 0 Å². The number of likely N-dealkylation sites (N-methyl/N-ethyl adjacent to an activating group) is 1. The van der Waals surface area contributed by atoms with E-state index in [1.54, 1.807) is 6.07 Å². The largest absolute Gasteiger partial charge is 0.507 e. The maximum Gasteiger partial charge on any atom is 0.339 e. The monoisotopic (exact) mass is 444 g/mol. The number of carboxylic acids is 1. The maximum atomic E-state index is 10.7. The van der Waals surface area contributed by atoms with Crippen molar-refractivity contribution in [2.45, 2.75) is 6.54 Å². The molecule has 0 saturated carbocycles. The molecule has 0 aliphatic heterocycles. The van der Waals surface area contributed by atoms with E-state index in [0.29, 0.717) is 0 Å². The summed E-state index contributed by atoms with van der Waals surface area (Å²) in [5.41, 5.74) is 1.30. The second-order valence-electron chi connectivity index (χ2n) is 8.49. The van der Waals surface area contributed by atoms with Gasteiger partial charge in [0.25, 0.3) is 0 Å². The Morgan fingerprint density at radius 3 is 1.97 bits per heavy atom. The Balaban J connectivity index is 0.000000194. The smallest absolute Gasteiger partial charge is 0.339 e. The number of carboxylic acid groups (broad SMARTS) is 1. The Kier molecular flexibility index (Phi) is 8.06. The molecule has 0 unspecified atom stereocenters. The minimum Gasteiger partial charge on any atom is -0.507 e. The zero-order valence-corrected chi connectivity index (χ0v) is 19.0. The zero-order valence-electron chi connectivity index (χ0n) is 19.0. The first-order chi connectivity index (χ1) is 15.8. The van der Waals surface area contributed by atoms with Crippen LogP contribution >= 0.6 is 0 Å². The molecule has 0 amide bonds. The summed E-state index contributed by atoms with van der Waals surface area (Å²) in [6.45, 7) is 2.76. The second kappa shape index (κ2) is 11.2. The van der Waals surface area contributed by atoms with Gasteiger partial charge in [-0.25, -0.2) is 4.79 Å². The molecule has 170 valence electrons. The van der Waals surface area contributed by atoms with E-state index in [0.717, 1.165) is 40.7 Å². The SMILES string of the molecule is C[N+](C)(CCOc1ccccc1)Cc1ccccc1.O=C(O)c1cc2ccccc2cc1O. The number of benzene rings is 4. The van der Waals surface area contributed by atoms with Crippen molar-refractivity contribution in [3.63, 3.8) is 0 Å². The van der Waals surface area contributed by atoms with Crippen molar-refractivity contribution in [3.8, 4) is 11.5 Å². The van der Waals surface area contributed by atoms with E-state index in [9.17, 15) is 9.90 Å². The molecule has 0 heterocycles. The Morgan fingerprint density at radius 2 is 1.36 bits per heavy atom. The molecule has 5 nitrogen and oxygen atoms in total. The summed E-state index contributed by atoms with van der Waals surface area (Å²) in [6.07, 6.45) is 0. The van der Waals surface area contributed by atoms with Crippen LogP contribution in [0.2, 0.25) is 0 Å². The third-order valence-electron chi connectivity index (χ3n) is 5.26. The first-order valence-electron chi connectivity index (χ1n) is 10.8. The average molecular weight is 445 g/mol. The predicted octanol–water partition coefficient (Wildman–Crippen LogP) is 5.59. The Hall–Kier alpha value is -3.83. The molecule has 0 bridgehead atoms. The van der Waals surface area contributed by atoms with Crippen LogP contribution in [-0.2, 0) is 6.54 Å². The number of rotatable bonds is 7. The fourth-order valence-electron chi connectivity index (χ4n) is 3.48. The molecule has 0 aromatic heterocycles. The lowest BCUT2D eigenvalue weighted by Gasteiger charge is -2.29. The van der Waals surface area contributed by atoms with Gasteiger partial charge in [-0.05, 0) is 35.0 Å². The summed E-state index contributed by atoms with van der Waals surface area (Å²) in [5, 5.41) is 19.8. The molecule has 0 fully saturated rings. The van der Waals surface area contributed by atoms with E-state index in [2.05, 4.69) is 44.4 Å². The van der Waals surface area contributed by atoms with Crippen LogP contribution in [0.15, 0.2) is 97.1 Å². The lowest BCUT2D eigenvalue weighted by atomic mass is 10.1. The Morgan fingerprint density at radius 1 is 0.818 bits per heavy atom. The second-order valence-corrected chi connectivity index (χ2v) is 8.49. The van der Waals surface area contributed by atoms with Crippen molar-refractivity contribution >= 4 is 16.7 Å². The summed E-state index contributed by atoms with van der Waals surface area (Å²) in [4.78, 5) is 10.7. The Labute approximate surface area is 194 Å². The highest BCUT2D eigenvalue weighted by atomic mass is 16.5. The molecule has 4 aromatic carbocycles. The number of aromatic hydroxyl groups is 1. The lowest BCUT2D eigenvalue weighted by molar-refractivity contribution is -0.903. The van der Waals surface area contributed by atoms with E-state index < -0.39 is 5.97 Å². The van der Waals surface area contributed by atoms with E-state index in [4.69, 9.17) is 9.84 Å². The Bertz CT molecular complexity index is 1170. The zero-order chi connectivity index (χ0) is 23.7. The molecule has 5 heteroatoms. The summed E-state index contributed by atoms with van der Waals surface area (Å²) < 4.78 is 6.69. The van der Waals surface area contributed by atoms with Gasteiger partial charge in [0, 0.05) is 5.56 Å². The highest BCUT2D eigenvalue weighted by Crippen LogP contribution is 2.24. The van der Waals surface area contributed by atoms with Crippen LogP contribution in [0.1, 0.15) is 15.9 Å². The van der Waals surface area contributed by atoms with Gasteiger partial charge in [0.2, 0.25) is 0 Å². The predicted molar refractivity (Wildman–Crippen MR) is 132 cm³/mol. The van der Waals surface area contributed by atoms with Crippen molar-refractivity contribution < 1.29 is 24.2 Å². The van der Waals surface area contributed by atoms with Gasteiger partial charge in [0.1, 0.15) is 36.8 Å². The summed E-state index contributed by atoms with van der Waals surface area (Å²) in [5.74, 6) is -0.369. The highest BCUT2D eigenvalue weighted by molar-refractivity contribution is 5.97. The van der Waals surface area contributed by atoms with Crippen LogP contribution in [-0.4, -0.2) is 47.9 Å². The highest BCUT2D eigenvalue weighted by Gasteiger charge is 2.15. The quantitative estimate of drug-likeness (QED) is 0.365. The van der Waals surface area contributed by atoms with Gasteiger partial charge >= 0.3 is 5.97 Å². The number of hydrogen-bond donors (Lipinski definition) is 2. The summed E-state index contributed by atoms with van der Waals surface area (Å²) in [7, 11) is 4.47.